The predicted molar refractivity (Wildman–Crippen MR) is 43.8 cm³/mol. The number of carboxylic acid groups (broad SMARTS) is 3. The first-order chi connectivity index (χ1) is 6.91. The molecule has 3 N–H and O–H groups in total. The second kappa shape index (κ2) is 3.78. The predicted octanol–water partition coefficient (Wildman–Crippen LogP) is -0.636. The number of aromatic carboxylic acids is 2. The highest BCUT2D eigenvalue weighted by Crippen LogP contribution is 2.04. The van der Waals surface area contributed by atoms with Crippen molar-refractivity contribution in [1.29, 1.82) is 0 Å². The molecule has 0 saturated carbocycles. The summed E-state index contributed by atoms with van der Waals surface area (Å²) in [7, 11) is 0. The zero-order valence-electron chi connectivity index (χ0n) is 7.25. The fourth-order valence-electron chi connectivity index (χ4n) is 0.942. The number of rotatable bonds is 4. The van der Waals surface area contributed by atoms with E-state index in [2.05, 4.69) is 5.10 Å². The quantitative estimate of drug-likeness (QED) is 0.607. The van der Waals surface area contributed by atoms with E-state index in [-0.39, 0.29) is 0 Å². The van der Waals surface area contributed by atoms with Crippen LogP contribution in [0.2, 0.25) is 0 Å². The molecule has 0 fully saturated rings. The Morgan fingerprint density at radius 3 is 2.20 bits per heavy atom. The van der Waals surface area contributed by atoms with Gasteiger partial charge < -0.3 is 15.3 Å². The molecule has 1 heterocycles. The number of nitrogens with zero attached hydrogens (tertiary/aromatic N) is 2. The minimum Gasteiger partial charge on any atom is -0.480 e. The van der Waals surface area contributed by atoms with Gasteiger partial charge in [0.15, 0.2) is 5.69 Å². The zero-order chi connectivity index (χ0) is 11.6. The molecule has 0 bridgehead atoms. The molecule has 0 saturated heterocycles. The van der Waals surface area contributed by atoms with Crippen LogP contribution < -0.4 is 0 Å². The molecule has 0 amide bonds. The third-order valence-electron chi connectivity index (χ3n) is 1.50. The fraction of sp³-hybridized carbons (Fsp3) is 0.143. The first kappa shape index (κ1) is 10.7. The van der Waals surface area contributed by atoms with Gasteiger partial charge in [-0.15, -0.1) is 0 Å². The van der Waals surface area contributed by atoms with Crippen LogP contribution in [-0.4, -0.2) is 43.0 Å². The Morgan fingerprint density at radius 2 is 1.80 bits per heavy atom. The molecule has 0 unspecified atom stereocenters. The van der Waals surface area contributed by atoms with Crippen molar-refractivity contribution in [1.82, 2.24) is 9.78 Å². The summed E-state index contributed by atoms with van der Waals surface area (Å²) < 4.78 is 0.605. The first-order valence-electron chi connectivity index (χ1n) is 3.68. The molecule has 8 nitrogen and oxygen atoms in total. The van der Waals surface area contributed by atoms with Crippen LogP contribution >= 0.6 is 0 Å². The Hall–Kier alpha value is -2.38. The summed E-state index contributed by atoms with van der Waals surface area (Å²) in [6.07, 6.45) is 0. The van der Waals surface area contributed by atoms with Crippen LogP contribution in [0.1, 0.15) is 21.0 Å². The van der Waals surface area contributed by atoms with Crippen molar-refractivity contribution in [2.75, 3.05) is 0 Å². The van der Waals surface area contributed by atoms with Crippen molar-refractivity contribution in [2.45, 2.75) is 6.54 Å². The van der Waals surface area contributed by atoms with Crippen molar-refractivity contribution in [2.24, 2.45) is 0 Å². The summed E-state index contributed by atoms with van der Waals surface area (Å²) in [5.41, 5.74) is -0.983. The second-order valence-corrected chi connectivity index (χ2v) is 2.58. The number of aliphatic carboxylic acids is 1. The lowest BCUT2D eigenvalue weighted by molar-refractivity contribution is -0.137. The molecule has 0 aromatic carbocycles. The standard InChI is InChI=1S/C7H6N2O6/c10-5(11)2-9-4(7(14)15)1-3(8-9)6(12)13/h1H,2H2,(H,10,11)(H,12,13)(H,14,15). The van der Waals surface area contributed by atoms with Gasteiger partial charge in [0.1, 0.15) is 12.2 Å². The van der Waals surface area contributed by atoms with E-state index in [9.17, 15) is 14.4 Å². The third kappa shape index (κ3) is 2.30. The largest absolute Gasteiger partial charge is 0.480 e. The van der Waals surface area contributed by atoms with Crippen LogP contribution in [0.3, 0.4) is 0 Å². The Labute approximate surface area is 82.4 Å². The van der Waals surface area contributed by atoms with Gasteiger partial charge in [-0.05, 0) is 0 Å². The van der Waals surface area contributed by atoms with Gasteiger partial charge in [0, 0.05) is 6.07 Å². The fourth-order valence-corrected chi connectivity index (χ4v) is 0.942. The van der Waals surface area contributed by atoms with E-state index in [1.165, 1.54) is 0 Å². The van der Waals surface area contributed by atoms with E-state index in [0.29, 0.717) is 4.68 Å². The molecule has 0 aliphatic rings. The highest BCUT2D eigenvalue weighted by atomic mass is 16.4. The Kier molecular flexibility index (Phi) is 2.70. The molecule has 0 radical (unpaired) electrons. The molecule has 1 aromatic heterocycles. The van der Waals surface area contributed by atoms with Gasteiger partial charge in [0.05, 0.1) is 0 Å². The van der Waals surface area contributed by atoms with E-state index < -0.39 is 35.8 Å². The van der Waals surface area contributed by atoms with Crippen molar-refractivity contribution in [3.8, 4) is 0 Å². The van der Waals surface area contributed by atoms with E-state index in [1.54, 1.807) is 0 Å². The summed E-state index contributed by atoms with van der Waals surface area (Å²) in [4.78, 5) is 31.4. The van der Waals surface area contributed by atoms with E-state index in [1.807, 2.05) is 0 Å². The van der Waals surface area contributed by atoms with Gasteiger partial charge in [-0.25, -0.2) is 14.3 Å². The van der Waals surface area contributed by atoms with Gasteiger partial charge in [0.25, 0.3) is 0 Å². The molecule has 1 rings (SSSR count). The molecule has 0 aliphatic carbocycles. The summed E-state index contributed by atoms with van der Waals surface area (Å²) >= 11 is 0. The van der Waals surface area contributed by atoms with Crippen molar-refractivity contribution in [3.05, 3.63) is 17.5 Å². The molecular weight excluding hydrogens is 208 g/mol. The van der Waals surface area contributed by atoms with Crippen LogP contribution in [0, 0.1) is 0 Å². The molecule has 80 valence electrons. The average molecular weight is 214 g/mol. The smallest absolute Gasteiger partial charge is 0.356 e. The van der Waals surface area contributed by atoms with Crippen LogP contribution in [0.4, 0.5) is 0 Å². The average Bonchev–Trinajstić information content (AvgIpc) is 2.46. The maximum atomic E-state index is 10.6. The number of hydrogen-bond donors (Lipinski definition) is 3. The molecule has 0 atom stereocenters. The highest BCUT2D eigenvalue weighted by Gasteiger charge is 2.19. The Bertz CT molecular complexity index is 435. The van der Waals surface area contributed by atoms with Crippen molar-refractivity contribution >= 4 is 17.9 Å². The lowest BCUT2D eigenvalue weighted by Crippen LogP contribution is -2.16. The minimum absolute atomic E-state index is 0.477. The van der Waals surface area contributed by atoms with Gasteiger partial charge in [0.2, 0.25) is 0 Å². The van der Waals surface area contributed by atoms with Gasteiger partial charge >= 0.3 is 17.9 Å². The van der Waals surface area contributed by atoms with Crippen LogP contribution in [0.25, 0.3) is 0 Å². The highest BCUT2D eigenvalue weighted by molar-refractivity contribution is 5.91. The lowest BCUT2D eigenvalue weighted by Gasteiger charge is -1.98. The summed E-state index contributed by atoms with van der Waals surface area (Å²) in [5, 5.41) is 28.9. The summed E-state index contributed by atoms with van der Waals surface area (Å²) in [6.45, 7) is -0.699. The SMILES string of the molecule is O=C(O)Cn1nc(C(=O)O)cc1C(=O)O. The maximum Gasteiger partial charge on any atom is 0.356 e. The molecule has 0 aliphatic heterocycles. The van der Waals surface area contributed by atoms with Crippen molar-refractivity contribution in [3.63, 3.8) is 0 Å². The van der Waals surface area contributed by atoms with Gasteiger partial charge in [-0.1, -0.05) is 0 Å². The first-order valence-corrected chi connectivity index (χ1v) is 3.68. The molecular formula is C7H6N2O6. The van der Waals surface area contributed by atoms with Gasteiger partial charge in [-0.3, -0.25) is 4.79 Å². The Balaban J connectivity index is 3.17. The lowest BCUT2D eigenvalue weighted by atomic mass is 10.3. The van der Waals surface area contributed by atoms with E-state index >= 15 is 0 Å². The minimum atomic E-state index is -1.43. The number of hydrogen-bond acceptors (Lipinski definition) is 4. The molecule has 15 heavy (non-hydrogen) atoms. The number of carboxylic acids is 3. The maximum absolute atomic E-state index is 10.6. The van der Waals surface area contributed by atoms with Crippen LogP contribution in [-0.2, 0) is 11.3 Å². The van der Waals surface area contributed by atoms with Crippen LogP contribution in [0.5, 0.6) is 0 Å². The van der Waals surface area contributed by atoms with Gasteiger partial charge in [-0.2, -0.15) is 5.10 Å². The van der Waals surface area contributed by atoms with Crippen molar-refractivity contribution < 1.29 is 29.7 Å². The third-order valence-corrected chi connectivity index (χ3v) is 1.50. The zero-order valence-corrected chi connectivity index (χ0v) is 7.25. The normalized spacial score (nSPS) is 9.87. The topological polar surface area (TPSA) is 130 Å². The molecule has 0 spiro atoms. The number of aromatic nitrogens is 2. The monoisotopic (exact) mass is 214 g/mol. The Morgan fingerprint density at radius 1 is 1.20 bits per heavy atom. The summed E-state index contributed by atoms with van der Waals surface area (Å²) in [5.74, 6) is -4.16. The second-order valence-electron chi connectivity index (χ2n) is 2.58. The van der Waals surface area contributed by atoms with Crippen LogP contribution in [0.15, 0.2) is 6.07 Å². The van der Waals surface area contributed by atoms with E-state index in [4.69, 9.17) is 15.3 Å². The molecule has 8 heteroatoms. The molecule has 1 aromatic rings. The van der Waals surface area contributed by atoms with E-state index in [0.717, 1.165) is 6.07 Å². The number of carbonyl (C=O) groups is 3. The summed E-state index contributed by atoms with van der Waals surface area (Å²) in [6, 6.07) is 0.799.